The van der Waals surface area contributed by atoms with E-state index in [2.05, 4.69) is 16.8 Å². The van der Waals surface area contributed by atoms with Crippen molar-refractivity contribution in [3.63, 3.8) is 0 Å². The quantitative estimate of drug-likeness (QED) is 0.504. The predicted octanol–water partition coefficient (Wildman–Crippen LogP) is 2.79. The molecule has 0 radical (unpaired) electrons. The van der Waals surface area contributed by atoms with Gasteiger partial charge in [0.05, 0.1) is 23.1 Å². The first-order chi connectivity index (χ1) is 9.65. The number of unbranched alkanes of at least 4 members (excludes halogenated alkanes) is 2. The van der Waals surface area contributed by atoms with E-state index in [1.165, 1.54) is 0 Å². The number of amides is 1. The fraction of sp³-hybridized carbons (Fsp3) is 0.714. The molecular formula is C14H24ClN3OS. The van der Waals surface area contributed by atoms with Gasteiger partial charge in [0, 0.05) is 5.38 Å². The number of rotatable bonds is 11. The molecule has 0 aromatic carbocycles. The van der Waals surface area contributed by atoms with Gasteiger partial charge in [-0.05, 0) is 38.8 Å². The molecule has 0 aliphatic heterocycles. The van der Waals surface area contributed by atoms with Gasteiger partial charge in [-0.3, -0.25) is 9.69 Å². The van der Waals surface area contributed by atoms with E-state index >= 15 is 0 Å². The van der Waals surface area contributed by atoms with E-state index < -0.39 is 0 Å². The Morgan fingerprint density at radius 1 is 1.40 bits per heavy atom. The Morgan fingerprint density at radius 2 is 2.15 bits per heavy atom. The molecule has 2 N–H and O–H groups in total. The van der Waals surface area contributed by atoms with E-state index in [4.69, 9.17) is 17.3 Å². The Bertz CT molecular complexity index is 398. The summed E-state index contributed by atoms with van der Waals surface area (Å²) in [5.74, 6) is 0.243. The van der Waals surface area contributed by atoms with E-state index in [9.17, 15) is 4.79 Å². The Balaban J connectivity index is 2.23. The molecule has 1 aromatic rings. The van der Waals surface area contributed by atoms with Crippen molar-refractivity contribution in [2.24, 2.45) is 5.73 Å². The lowest BCUT2D eigenvalue weighted by Gasteiger charge is -2.20. The smallest absolute Gasteiger partial charge is 0.231 e. The number of carbonyl (C=O) groups excluding carboxylic acids is 1. The van der Waals surface area contributed by atoms with Crippen molar-refractivity contribution in [1.29, 1.82) is 0 Å². The zero-order chi connectivity index (χ0) is 14.8. The molecule has 0 aliphatic carbocycles. The molecule has 0 atom stereocenters. The third kappa shape index (κ3) is 7.22. The Labute approximate surface area is 130 Å². The minimum Gasteiger partial charge on any atom is -0.369 e. The minimum absolute atomic E-state index is 0.243. The first-order valence-electron chi connectivity index (χ1n) is 7.15. The second-order valence-electron chi connectivity index (χ2n) is 4.92. The number of thiazole rings is 1. The van der Waals surface area contributed by atoms with Crippen molar-refractivity contribution in [2.75, 3.05) is 19.6 Å². The molecule has 4 nitrogen and oxygen atoms in total. The van der Waals surface area contributed by atoms with Crippen LogP contribution in [0.2, 0.25) is 0 Å². The maximum absolute atomic E-state index is 11.0. The number of aromatic nitrogens is 1. The lowest BCUT2D eigenvalue weighted by Crippen LogP contribution is -2.35. The molecule has 0 unspecified atom stereocenters. The number of hydrogen-bond donors (Lipinski definition) is 1. The molecule has 0 spiro atoms. The van der Waals surface area contributed by atoms with Crippen LogP contribution in [-0.4, -0.2) is 35.4 Å². The average Bonchev–Trinajstić information content (AvgIpc) is 2.88. The predicted molar refractivity (Wildman–Crippen MR) is 85.2 cm³/mol. The van der Waals surface area contributed by atoms with Crippen LogP contribution in [0.4, 0.5) is 0 Å². The standard InChI is InChI=1S/C14H24ClN3OS/c1-2-3-7-18(10-13(16)19)8-5-4-6-14-17-12(9-15)11-20-14/h11H,2-10H2,1H3,(H2,16,19). The van der Waals surface area contributed by atoms with Crippen LogP contribution in [0.25, 0.3) is 0 Å². The third-order valence-corrected chi connectivity index (χ3v) is 4.29. The summed E-state index contributed by atoms with van der Waals surface area (Å²) in [6.07, 6.45) is 5.37. The number of alkyl halides is 1. The lowest BCUT2D eigenvalue weighted by atomic mass is 10.2. The molecule has 0 fully saturated rings. The Kier molecular flexibility index (Phi) is 8.82. The summed E-state index contributed by atoms with van der Waals surface area (Å²) in [5.41, 5.74) is 6.24. The number of hydrogen-bond acceptors (Lipinski definition) is 4. The van der Waals surface area contributed by atoms with Gasteiger partial charge < -0.3 is 5.73 Å². The maximum Gasteiger partial charge on any atom is 0.231 e. The highest BCUT2D eigenvalue weighted by atomic mass is 35.5. The van der Waals surface area contributed by atoms with E-state index in [1.807, 2.05) is 5.38 Å². The van der Waals surface area contributed by atoms with Crippen molar-refractivity contribution in [1.82, 2.24) is 9.88 Å². The highest BCUT2D eigenvalue weighted by Crippen LogP contribution is 2.14. The molecule has 114 valence electrons. The van der Waals surface area contributed by atoms with Gasteiger partial charge in [-0.15, -0.1) is 22.9 Å². The molecule has 1 amide bonds. The molecule has 0 saturated heterocycles. The number of halogens is 1. The number of nitrogens with two attached hydrogens (primary N) is 1. The van der Waals surface area contributed by atoms with Gasteiger partial charge in [-0.1, -0.05) is 13.3 Å². The van der Waals surface area contributed by atoms with Crippen LogP contribution in [0.5, 0.6) is 0 Å². The molecule has 1 rings (SSSR count). The van der Waals surface area contributed by atoms with Crippen molar-refractivity contribution in [2.45, 2.75) is 44.9 Å². The zero-order valence-corrected chi connectivity index (χ0v) is 13.7. The second-order valence-corrected chi connectivity index (χ2v) is 6.13. The second kappa shape index (κ2) is 10.1. The van der Waals surface area contributed by atoms with Gasteiger partial charge in [-0.25, -0.2) is 4.98 Å². The van der Waals surface area contributed by atoms with E-state index in [0.717, 1.165) is 55.9 Å². The highest BCUT2D eigenvalue weighted by molar-refractivity contribution is 7.09. The molecule has 0 aliphatic rings. The van der Waals surface area contributed by atoms with Gasteiger partial charge in [0.2, 0.25) is 5.91 Å². The first kappa shape index (κ1) is 17.4. The molecule has 0 bridgehead atoms. The van der Waals surface area contributed by atoms with Crippen LogP contribution >= 0.6 is 22.9 Å². The summed E-state index contributed by atoms with van der Waals surface area (Å²) in [4.78, 5) is 17.6. The Hall–Kier alpha value is -0.650. The minimum atomic E-state index is -0.243. The Morgan fingerprint density at radius 3 is 2.75 bits per heavy atom. The van der Waals surface area contributed by atoms with Crippen molar-refractivity contribution in [3.8, 4) is 0 Å². The molecule has 1 aromatic heterocycles. The van der Waals surface area contributed by atoms with Crippen LogP contribution in [-0.2, 0) is 17.1 Å². The average molecular weight is 318 g/mol. The summed E-state index contributed by atoms with van der Waals surface area (Å²) in [5, 5.41) is 3.17. The fourth-order valence-electron chi connectivity index (χ4n) is 2.01. The zero-order valence-electron chi connectivity index (χ0n) is 12.1. The molecule has 0 saturated carbocycles. The summed E-state index contributed by atoms with van der Waals surface area (Å²) >= 11 is 7.41. The van der Waals surface area contributed by atoms with Gasteiger partial charge in [0.1, 0.15) is 0 Å². The van der Waals surface area contributed by atoms with Gasteiger partial charge in [0.25, 0.3) is 0 Å². The topological polar surface area (TPSA) is 59.2 Å². The van der Waals surface area contributed by atoms with Crippen LogP contribution in [0.1, 0.15) is 43.3 Å². The molecular weight excluding hydrogens is 294 g/mol. The molecule has 6 heteroatoms. The van der Waals surface area contributed by atoms with Crippen molar-refractivity contribution < 1.29 is 4.79 Å². The van der Waals surface area contributed by atoms with Crippen molar-refractivity contribution in [3.05, 3.63) is 16.1 Å². The van der Waals surface area contributed by atoms with Crippen molar-refractivity contribution >= 4 is 28.8 Å². The maximum atomic E-state index is 11.0. The molecule has 1 heterocycles. The van der Waals surface area contributed by atoms with Crippen LogP contribution in [0, 0.1) is 0 Å². The summed E-state index contributed by atoms with van der Waals surface area (Å²) in [6, 6.07) is 0. The van der Waals surface area contributed by atoms with Gasteiger partial charge in [-0.2, -0.15) is 0 Å². The number of primary amides is 1. The largest absolute Gasteiger partial charge is 0.369 e. The number of nitrogens with zero attached hydrogens (tertiary/aromatic N) is 2. The van der Waals surface area contributed by atoms with Gasteiger partial charge in [0.15, 0.2) is 0 Å². The van der Waals surface area contributed by atoms with Crippen LogP contribution in [0.15, 0.2) is 5.38 Å². The summed E-state index contributed by atoms with van der Waals surface area (Å²) in [7, 11) is 0. The van der Waals surface area contributed by atoms with Crippen LogP contribution in [0.3, 0.4) is 0 Å². The summed E-state index contributed by atoms with van der Waals surface area (Å²) < 4.78 is 0. The van der Waals surface area contributed by atoms with E-state index in [-0.39, 0.29) is 5.91 Å². The lowest BCUT2D eigenvalue weighted by molar-refractivity contribution is -0.119. The fourth-order valence-corrected chi connectivity index (χ4v) is 3.08. The van der Waals surface area contributed by atoms with Crippen LogP contribution < -0.4 is 5.73 Å². The first-order valence-corrected chi connectivity index (χ1v) is 8.57. The monoisotopic (exact) mass is 317 g/mol. The van der Waals surface area contributed by atoms with E-state index in [0.29, 0.717) is 12.4 Å². The highest BCUT2D eigenvalue weighted by Gasteiger charge is 2.08. The SMILES string of the molecule is CCCCN(CCCCc1nc(CCl)cs1)CC(N)=O. The summed E-state index contributed by atoms with van der Waals surface area (Å²) in [6.45, 7) is 4.40. The number of carbonyl (C=O) groups is 1. The third-order valence-electron chi connectivity index (χ3n) is 3.06. The van der Waals surface area contributed by atoms with E-state index in [1.54, 1.807) is 11.3 Å². The molecule has 20 heavy (non-hydrogen) atoms. The normalized spacial score (nSPS) is 11.2. The number of aryl methyl sites for hydroxylation is 1. The van der Waals surface area contributed by atoms with Gasteiger partial charge >= 0.3 is 0 Å².